The number of ether oxygens (including phenoxy) is 2. The Bertz CT molecular complexity index is 346. The van der Waals surface area contributed by atoms with Gasteiger partial charge in [0.2, 0.25) is 0 Å². The van der Waals surface area contributed by atoms with Gasteiger partial charge >= 0.3 is 0 Å². The predicted octanol–water partition coefficient (Wildman–Crippen LogP) is 3.44. The van der Waals surface area contributed by atoms with Crippen LogP contribution in [0.3, 0.4) is 0 Å². The first kappa shape index (κ1) is 10.1. The first-order valence-electron chi connectivity index (χ1n) is 5.46. The molecule has 0 aromatic rings. The molecule has 0 aromatic carbocycles. The van der Waals surface area contributed by atoms with Crippen LogP contribution in [0.4, 0.5) is 0 Å². The van der Waals surface area contributed by atoms with Crippen molar-refractivity contribution in [2.75, 3.05) is 6.61 Å². The van der Waals surface area contributed by atoms with Crippen molar-refractivity contribution in [2.45, 2.75) is 26.2 Å². The monoisotopic (exact) mass is 204 g/mol. The standard InChI is InChI=1S/C13H16O2/c1-2-3-7-15-13-5-4-12-10-14-8-6-11(12)9-13/h5-6,8-10H,2-4,7H2,1H3. The molecule has 0 saturated carbocycles. The van der Waals surface area contributed by atoms with Gasteiger partial charge in [-0.2, -0.15) is 0 Å². The maximum atomic E-state index is 5.66. The van der Waals surface area contributed by atoms with Gasteiger partial charge in [0.25, 0.3) is 0 Å². The SMILES string of the molecule is CCCCOC1=CCC2=COC=CC2=C1. The molecule has 0 N–H and O–H groups in total. The molecule has 0 amide bonds. The largest absolute Gasteiger partial charge is 0.494 e. The molecule has 0 saturated heterocycles. The van der Waals surface area contributed by atoms with Crippen molar-refractivity contribution < 1.29 is 9.47 Å². The first-order chi connectivity index (χ1) is 7.40. The summed E-state index contributed by atoms with van der Waals surface area (Å²) in [4.78, 5) is 0. The first-order valence-corrected chi connectivity index (χ1v) is 5.46. The van der Waals surface area contributed by atoms with Gasteiger partial charge in [0.1, 0.15) is 5.76 Å². The highest BCUT2D eigenvalue weighted by Gasteiger charge is 2.12. The van der Waals surface area contributed by atoms with Crippen molar-refractivity contribution in [2.24, 2.45) is 0 Å². The van der Waals surface area contributed by atoms with Crippen LogP contribution in [-0.2, 0) is 9.47 Å². The second-order valence-electron chi connectivity index (χ2n) is 3.69. The van der Waals surface area contributed by atoms with Gasteiger partial charge in [0.05, 0.1) is 19.1 Å². The molecule has 15 heavy (non-hydrogen) atoms. The Hall–Kier alpha value is -1.44. The molecule has 80 valence electrons. The molecular weight excluding hydrogens is 188 g/mol. The zero-order chi connectivity index (χ0) is 10.5. The number of hydrogen-bond donors (Lipinski definition) is 0. The summed E-state index contributed by atoms with van der Waals surface area (Å²) in [6.07, 6.45) is 12.8. The van der Waals surface area contributed by atoms with Crippen LogP contribution < -0.4 is 0 Å². The van der Waals surface area contributed by atoms with Crippen LogP contribution in [0.5, 0.6) is 0 Å². The van der Waals surface area contributed by atoms with E-state index >= 15 is 0 Å². The van der Waals surface area contributed by atoms with E-state index in [1.807, 2.05) is 6.08 Å². The van der Waals surface area contributed by atoms with E-state index in [4.69, 9.17) is 9.47 Å². The molecule has 2 aliphatic rings. The van der Waals surface area contributed by atoms with Gasteiger partial charge in [0, 0.05) is 0 Å². The summed E-state index contributed by atoms with van der Waals surface area (Å²) in [6.45, 7) is 2.98. The molecule has 1 heterocycles. The molecular formula is C13H16O2. The molecule has 0 fully saturated rings. The summed E-state index contributed by atoms with van der Waals surface area (Å²) in [5, 5.41) is 0. The Morgan fingerprint density at radius 2 is 2.40 bits per heavy atom. The van der Waals surface area contributed by atoms with Crippen LogP contribution in [0.1, 0.15) is 26.2 Å². The molecule has 1 aliphatic heterocycles. The van der Waals surface area contributed by atoms with Crippen LogP contribution in [0.25, 0.3) is 0 Å². The summed E-state index contributed by atoms with van der Waals surface area (Å²) in [5.41, 5.74) is 2.43. The van der Waals surface area contributed by atoms with E-state index in [0.29, 0.717) is 0 Å². The van der Waals surface area contributed by atoms with Crippen LogP contribution in [0.2, 0.25) is 0 Å². The highest BCUT2D eigenvalue weighted by atomic mass is 16.5. The Morgan fingerprint density at radius 3 is 3.27 bits per heavy atom. The van der Waals surface area contributed by atoms with Gasteiger partial charge in [-0.3, -0.25) is 0 Å². The summed E-state index contributed by atoms with van der Waals surface area (Å²) in [5.74, 6) is 0.988. The van der Waals surface area contributed by atoms with Crippen molar-refractivity contribution in [1.82, 2.24) is 0 Å². The summed E-state index contributed by atoms with van der Waals surface area (Å²) in [7, 11) is 0. The molecule has 1 aliphatic carbocycles. The van der Waals surface area contributed by atoms with Gasteiger partial charge < -0.3 is 9.47 Å². The molecule has 2 heteroatoms. The smallest absolute Gasteiger partial charge is 0.116 e. The third-order valence-electron chi connectivity index (χ3n) is 2.49. The molecule has 0 bridgehead atoms. The van der Waals surface area contributed by atoms with E-state index in [9.17, 15) is 0 Å². The van der Waals surface area contributed by atoms with Crippen LogP contribution in [0, 0.1) is 0 Å². The lowest BCUT2D eigenvalue weighted by Crippen LogP contribution is -2.01. The van der Waals surface area contributed by atoms with Gasteiger partial charge in [-0.15, -0.1) is 0 Å². The van der Waals surface area contributed by atoms with Crippen molar-refractivity contribution in [1.29, 1.82) is 0 Å². The van der Waals surface area contributed by atoms with Crippen molar-refractivity contribution in [3.8, 4) is 0 Å². The minimum atomic E-state index is 0.811. The number of rotatable bonds is 4. The predicted molar refractivity (Wildman–Crippen MR) is 60.0 cm³/mol. The van der Waals surface area contributed by atoms with Crippen LogP contribution >= 0.6 is 0 Å². The quantitative estimate of drug-likeness (QED) is 0.653. The molecule has 0 unspecified atom stereocenters. The lowest BCUT2D eigenvalue weighted by atomic mass is 9.98. The van der Waals surface area contributed by atoms with Crippen molar-refractivity contribution >= 4 is 0 Å². The van der Waals surface area contributed by atoms with E-state index in [1.54, 1.807) is 12.5 Å². The number of fused-ring (bicyclic) bond motifs is 1. The van der Waals surface area contributed by atoms with Gasteiger partial charge in [0.15, 0.2) is 0 Å². The van der Waals surface area contributed by atoms with E-state index in [-0.39, 0.29) is 0 Å². The Kier molecular flexibility index (Phi) is 3.28. The Labute approximate surface area is 90.6 Å². The van der Waals surface area contributed by atoms with E-state index < -0.39 is 0 Å². The summed E-state index contributed by atoms with van der Waals surface area (Å²) >= 11 is 0. The van der Waals surface area contributed by atoms with E-state index in [1.165, 1.54) is 17.6 Å². The van der Waals surface area contributed by atoms with Crippen molar-refractivity contribution in [3.05, 3.63) is 47.7 Å². The highest BCUT2D eigenvalue weighted by Crippen LogP contribution is 2.27. The minimum Gasteiger partial charge on any atom is -0.494 e. The maximum absolute atomic E-state index is 5.66. The third-order valence-corrected chi connectivity index (χ3v) is 2.49. The summed E-state index contributed by atoms with van der Waals surface area (Å²) < 4.78 is 10.8. The third kappa shape index (κ3) is 2.52. The molecule has 2 nitrogen and oxygen atoms in total. The Morgan fingerprint density at radius 1 is 1.47 bits per heavy atom. The van der Waals surface area contributed by atoms with Crippen molar-refractivity contribution in [3.63, 3.8) is 0 Å². The van der Waals surface area contributed by atoms with Gasteiger partial charge in [-0.1, -0.05) is 13.3 Å². The fraction of sp³-hybridized carbons (Fsp3) is 0.385. The average Bonchev–Trinajstić information content (AvgIpc) is 2.29. The fourth-order valence-electron chi connectivity index (χ4n) is 1.57. The number of allylic oxidation sites excluding steroid dienone is 5. The fourth-order valence-corrected chi connectivity index (χ4v) is 1.57. The lowest BCUT2D eigenvalue weighted by molar-refractivity contribution is 0.217. The van der Waals surface area contributed by atoms with Gasteiger partial charge in [-0.25, -0.2) is 0 Å². The summed E-state index contributed by atoms with van der Waals surface area (Å²) in [6, 6.07) is 0. The second-order valence-corrected chi connectivity index (χ2v) is 3.69. The van der Waals surface area contributed by atoms with E-state index in [0.717, 1.165) is 25.2 Å². The zero-order valence-corrected chi connectivity index (χ0v) is 9.03. The minimum absolute atomic E-state index is 0.811. The average molecular weight is 204 g/mol. The van der Waals surface area contributed by atoms with Gasteiger partial charge in [-0.05, 0) is 42.2 Å². The number of unbranched alkanes of at least 4 members (excludes halogenated alkanes) is 1. The number of hydrogen-bond acceptors (Lipinski definition) is 2. The normalized spacial score (nSPS) is 18.3. The van der Waals surface area contributed by atoms with Crippen LogP contribution in [-0.4, -0.2) is 6.61 Å². The molecule has 0 aromatic heterocycles. The van der Waals surface area contributed by atoms with Crippen LogP contribution in [0.15, 0.2) is 47.7 Å². The molecule has 0 radical (unpaired) electrons. The highest BCUT2D eigenvalue weighted by molar-refractivity contribution is 5.48. The maximum Gasteiger partial charge on any atom is 0.116 e. The second kappa shape index (κ2) is 4.87. The molecule has 0 spiro atoms. The molecule has 0 atom stereocenters. The lowest BCUT2D eigenvalue weighted by Gasteiger charge is -2.17. The zero-order valence-electron chi connectivity index (χ0n) is 9.03. The molecule has 2 rings (SSSR count). The van der Waals surface area contributed by atoms with E-state index in [2.05, 4.69) is 19.1 Å². The Balaban J connectivity index is 1.96. The topological polar surface area (TPSA) is 18.5 Å².